The molecule has 1 aliphatic rings. The summed E-state index contributed by atoms with van der Waals surface area (Å²) in [4.78, 5) is 7.06. The second kappa shape index (κ2) is 4.63. The van der Waals surface area contributed by atoms with Gasteiger partial charge in [-0.25, -0.2) is 4.98 Å². The number of aryl methyl sites for hydroxylation is 1. The molecule has 3 heteroatoms. The Kier molecular flexibility index (Phi) is 2.98. The maximum absolute atomic E-state index is 4.74. The fraction of sp³-hybridized carbons (Fsp3) is 0.533. The first-order valence-electron chi connectivity index (χ1n) is 6.88. The minimum atomic E-state index is 0.856. The summed E-state index contributed by atoms with van der Waals surface area (Å²) in [6, 6.07) is 8.35. The molecule has 0 atom stereocenters. The zero-order chi connectivity index (χ0) is 12.5. The third kappa shape index (κ3) is 1.98. The first-order chi connectivity index (χ1) is 8.75. The average Bonchev–Trinajstić information content (AvgIpc) is 2.98. The van der Waals surface area contributed by atoms with Crippen LogP contribution in [-0.4, -0.2) is 23.1 Å². The Morgan fingerprint density at radius 2 is 2.00 bits per heavy atom. The summed E-state index contributed by atoms with van der Waals surface area (Å²) in [5.74, 6) is 1.94. The van der Waals surface area contributed by atoms with E-state index >= 15 is 0 Å². The molecule has 2 aromatic rings. The van der Waals surface area contributed by atoms with Crippen LogP contribution in [0.3, 0.4) is 0 Å². The molecule has 1 saturated carbocycles. The Hall–Kier alpha value is -1.51. The lowest BCUT2D eigenvalue weighted by Gasteiger charge is -2.21. The lowest BCUT2D eigenvalue weighted by molar-refractivity contribution is 0.540. The van der Waals surface area contributed by atoms with Crippen LogP contribution in [0.1, 0.15) is 25.7 Å². The van der Waals surface area contributed by atoms with Crippen molar-refractivity contribution in [3.8, 4) is 0 Å². The van der Waals surface area contributed by atoms with Gasteiger partial charge in [-0.2, -0.15) is 0 Å². The Bertz CT molecular complexity index is 538. The molecule has 1 aromatic heterocycles. The summed E-state index contributed by atoms with van der Waals surface area (Å²) in [5, 5.41) is 0. The number of hydrogen-bond donors (Lipinski definition) is 0. The van der Waals surface area contributed by atoms with E-state index in [1.807, 2.05) is 0 Å². The van der Waals surface area contributed by atoms with Crippen molar-refractivity contribution >= 4 is 17.0 Å². The van der Waals surface area contributed by atoms with Gasteiger partial charge in [0, 0.05) is 20.6 Å². The van der Waals surface area contributed by atoms with Gasteiger partial charge in [-0.3, -0.25) is 0 Å². The average molecular weight is 243 g/mol. The van der Waals surface area contributed by atoms with Crippen LogP contribution in [0, 0.1) is 5.92 Å². The van der Waals surface area contributed by atoms with Gasteiger partial charge >= 0.3 is 0 Å². The fourth-order valence-electron chi connectivity index (χ4n) is 3.14. The molecule has 1 fully saturated rings. The van der Waals surface area contributed by atoms with E-state index in [2.05, 4.69) is 47.8 Å². The van der Waals surface area contributed by atoms with Gasteiger partial charge in [-0.15, -0.1) is 0 Å². The maximum Gasteiger partial charge on any atom is 0.206 e. The summed E-state index contributed by atoms with van der Waals surface area (Å²) in [6.45, 7) is 1.14. The summed E-state index contributed by atoms with van der Waals surface area (Å²) < 4.78 is 2.20. The second-order valence-corrected chi connectivity index (χ2v) is 5.49. The number of aromatic nitrogens is 2. The third-order valence-corrected chi connectivity index (χ3v) is 4.11. The summed E-state index contributed by atoms with van der Waals surface area (Å²) in [7, 11) is 4.27. The van der Waals surface area contributed by atoms with E-state index < -0.39 is 0 Å². The van der Waals surface area contributed by atoms with E-state index in [0.29, 0.717) is 0 Å². The van der Waals surface area contributed by atoms with Gasteiger partial charge in [-0.05, 0) is 30.9 Å². The van der Waals surface area contributed by atoms with Crippen molar-refractivity contribution in [2.45, 2.75) is 25.7 Å². The first-order valence-corrected chi connectivity index (χ1v) is 6.88. The van der Waals surface area contributed by atoms with Crippen molar-refractivity contribution in [2.75, 3.05) is 18.5 Å². The van der Waals surface area contributed by atoms with Gasteiger partial charge in [-0.1, -0.05) is 25.0 Å². The first kappa shape index (κ1) is 11.6. The van der Waals surface area contributed by atoms with Crippen molar-refractivity contribution in [2.24, 2.45) is 13.0 Å². The van der Waals surface area contributed by atoms with Crippen LogP contribution in [0.15, 0.2) is 24.3 Å². The zero-order valence-electron chi connectivity index (χ0n) is 11.3. The monoisotopic (exact) mass is 243 g/mol. The van der Waals surface area contributed by atoms with E-state index in [-0.39, 0.29) is 0 Å². The normalized spacial score (nSPS) is 16.6. The standard InChI is InChI=1S/C15H21N3/c1-17(11-12-7-3-4-8-12)15-16-13-9-5-6-10-14(13)18(15)2/h5-6,9-10,12H,3-4,7-8,11H2,1-2H3. The highest BCUT2D eigenvalue weighted by atomic mass is 15.3. The lowest BCUT2D eigenvalue weighted by Crippen LogP contribution is -2.26. The number of rotatable bonds is 3. The Labute approximate surface area is 108 Å². The number of hydrogen-bond acceptors (Lipinski definition) is 2. The molecule has 0 amide bonds. The van der Waals surface area contributed by atoms with Crippen LogP contribution in [0.25, 0.3) is 11.0 Å². The van der Waals surface area contributed by atoms with Crippen LogP contribution in [0.5, 0.6) is 0 Å². The van der Waals surface area contributed by atoms with Crippen LogP contribution >= 0.6 is 0 Å². The predicted molar refractivity (Wildman–Crippen MR) is 75.9 cm³/mol. The fourth-order valence-corrected chi connectivity index (χ4v) is 3.14. The quantitative estimate of drug-likeness (QED) is 0.825. The number of imidazole rings is 1. The number of anilines is 1. The minimum absolute atomic E-state index is 0.856. The van der Waals surface area contributed by atoms with E-state index in [1.54, 1.807) is 0 Å². The largest absolute Gasteiger partial charge is 0.345 e. The van der Waals surface area contributed by atoms with Gasteiger partial charge in [0.2, 0.25) is 5.95 Å². The van der Waals surface area contributed by atoms with E-state index in [0.717, 1.165) is 23.9 Å². The summed E-state index contributed by atoms with van der Waals surface area (Å²) in [5.41, 5.74) is 2.30. The molecule has 0 radical (unpaired) electrons. The topological polar surface area (TPSA) is 21.1 Å². The van der Waals surface area contributed by atoms with Crippen molar-refractivity contribution in [3.05, 3.63) is 24.3 Å². The van der Waals surface area contributed by atoms with Crippen LogP contribution in [0.2, 0.25) is 0 Å². The molecule has 3 rings (SSSR count). The highest BCUT2D eigenvalue weighted by Gasteiger charge is 2.19. The molecule has 0 bridgehead atoms. The van der Waals surface area contributed by atoms with Gasteiger partial charge in [0.15, 0.2) is 0 Å². The minimum Gasteiger partial charge on any atom is -0.345 e. The van der Waals surface area contributed by atoms with Gasteiger partial charge in [0.25, 0.3) is 0 Å². The molecular formula is C15H21N3. The van der Waals surface area contributed by atoms with Crippen LogP contribution in [-0.2, 0) is 7.05 Å². The zero-order valence-corrected chi connectivity index (χ0v) is 11.3. The molecule has 1 heterocycles. The molecule has 96 valence electrons. The van der Waals surface area contributed by atoms with Gasteiger partial charge in [0.05, 0.1) is 11.0 Å². The summed E-state index contributed by atoms with van der Waals surface area (Å²) in [6.07, 6.45) is 5.57. The van der Waals surface area contributed by atoms with E-state index in [1.165, 1.54) is 31.2 Å². The van der Waals surface area contributed by atoms with Crippen molar-refractivity contribution in [1.82, 2.24) is 9.55 Å². The third-order valence-electron chi connectivity index (χ3n) is 4.11. The van der Waals surface area contributed by atoms with Gasteiger partial charge < -0.3 is 9.47 Å². The van der Waals surface area contributed by atoms with Gasteiger partial charge in [0.1, 0.15) is 0 Å². The number of benzene rings is 1. The molecule has 3 nitrogen and oxygen atoms in total. The lowest BCUT2D eigenvalue weighted by atomic mass is 10.1. The Balaban J connectivity index is 1.86. The molecule has 1 aliphatic carbocycles. The molecule has 18 heavy (non-hydrogen) atoms. The predicted octanol–water partition coefficient (Wildman–Crippen LogP) is 3.20. The highest BCUT2D eigenvalue weighted by molar-refractivity contribution is 5.78. The molecule has 1 aromatic carbocycles. The number of para-hydroxylation sites is 2. The maximum atomic E-state index is 4.74. The Morgan fingerprint density at radius 3 is 2.72 bits per heavy atom. The SMILES string of the molecule is CN(CC1CCCC1)c1nc2ccccc2n1C. The number of fused-ring (bicyclic) bond motifs is 1. The Morgan fingerprint density at radius 1 is 1.28 bits per heavy atom. The second-order valence-electron chi connectivity index (χ2n) is 5.49. The summed E-state index contributed by atoms with van der Waals surface area (Å²) >= 11 is 0. The van der Waals surface area contributed by atoms with Crippen LogP contribution in [0.4, 0.5) is 5.95 Å². The molecule has 0 spiro atoms. The van der Waals surface area contributed by atoms with E-state index in [4.69, 9.17) is 4.98 Å². The molecule has 0 unspecified atom stereocenters. The number of nitrogens with zero attached hydrogens (tertiary/aromatic N) is 3. The smallest absolute Gasteiger partial charge is 0.206 e. The van der Waals surface area contributed by atoms with Crippen LogP contribution < -0.4 is 4.90 Å². The molecule has 0 aliphatic heterocycles. The van der Waals surface area contributed by atoms with Crippen molar-refractivity contribution in [3.63, 3.8) is 0 Å². The highest BCUT2D eigenvalue weighted by Crippen LogP contribution is 2.27. The molecule has 0 saturated heterocycles. The van der Waals surface area contributed by atoms with E-state index in [9.17, 15) is 0 Å². The molecular weight excluding hydrogens is 222 g/mol. The van der Waals surface area contributed by atoms with Crippen molar-refractivity contribution in [1.29, 1.82) is 0 Å². The van der Waals surface area contributed by atoms with Crippen molar-refractivity contribution < 1.29 is 0 Å². The molecule has 0 N–H and O–H groups in total.